The van der Waals surface area contributed by atoms with Crippen molar-refractivity contribution in [2.24, 2.45) is 0 Å². The maximum absolute atomic E-state index is 13.1. The highest BCUT2D eigenvalue weighted by atomic mass is 16.5. The Bertz CT molecular complexity index is 893. The highest BCUT2D eigenvalue weighted by Crippen LogP contribution is 2.22. The summed E-state index contributed by atoms with van der Waals surface area (Å²) < 4.78 is 7.16. The third-order valence-electron chi connectivity index (χ3n) is 4.69. The summed E-state index contributed by atoms with van der Waals surface area (Å²) in [6.45, 7) is 9.19. The third-order valence-corrected chi connectivity index (χ3v) is 4.69. The van der Waals surface area contributed by atoms with Crippen molar-refractivity contribution in [3.8, 4) is 5.82 Å². The molecule has 0 fully saturated rings. The number of hydrogen-bond acceptors (Lipinski definition) is 3. The Labute approximate surface area is 154 Å². The minimum atomic E-state index is 0.0583. The first-order valence-corrected chi connectivity index (χ1v) is 8.97. The van der Waals surface area contributed by atoms with Gasteiger partial charge in [-0.05, 0) is 45.7 Å². The number of rotatable bonds is 6. The van der Waals surface area contributed by atoms with Crippen LogP contribution in [0.2, 0.25) is 0 Å². The van der Waals surface area contributed by atoms with Gasteiger partial charge in [0.2, 0.25) is 0 Å². The second-order valence-electron chi connectivity index (χ2n) is 6.54. The van der Waals surface area contributed by atoms with Crippen LogP contribution in [0.4, 0.5) is 0 Å². The first-order chi connectivity index (χ1) is 12.5. The number of carbonyl (C=O) groups excluding carboxylic acids is 1. The molecule has 0 spiro atoms. The Morgan fingerprint density at radius 1 is 1.15 bits per heavy atom. The van der Waals surface area contributed by atoms with Gasteiger partial charge in [-0.2, -0.15) is 0 Å². The monoisotopic (exact) mass is 351 g/mol. The second kappa shape index (κ2) is 7.60. The molecule has 0 N–H and O–H groups in total. The molecule has 0 radical (unpaired) electrons. The molecule has 3 rings (SSSR count). The Kier molecular flexibility index (Phi) is 5.26. The number of carbonyl (C=O) groups is 1. The van der Waals surface area contributed by atoms with Crippen molar-refractivity contribution in [2.75, 3.05) is 13.1 Å². The Morgan fingerprint density at radius 2 is 1.88 bits per heavy atom. The Balaban J connectivity index is 1.82. The minimum Gasteiger partial charge on any atom is -0.360 e. The fraction of sp³-hybridized carbons (Fsp3) is 0.333. The summed E-state index contributed by atoms with van der Waals surface area (Å²) in [5.41, 5.74) is 3.82. The predicted molar refractivity (Wildman–Crippen MR) is 102 cm³/mol. The van der Waals surface area contributed by atoms with Crippen molar-refractivity contribution in [3.63, 3.8) is 0 Å². The lowest BCUT2D eigenvalue weighted by molar-refractivity contribution is 0.0765. The van der Waals surface area contributed by atoms with Gasteiger partial charge in [0.25, 0.3) is 5.91 Å². The van der Waals surface area contributed by atoms with Crippen LogP contribution in [0.25, 0.3) is 5.82 Å². The normalized spacial score (nSPS) is 10.9. The number of hydrogen-bond donors (Lipinski definition) is 0. The van der Waals surface area contributed by atoms with Crippen molar-refractivity contribution < 1.29 is 9.32 Å². The molecule has 0 aliphatic heterocycles. The van der Waals surface area contributed by atoms with E-state index in [9.17, 15) is 4.79 Å². The highest BCUT2D eigenvalue weighted by Gasteiger charge is 2.22. The van der Waals surface area contributed by atoms with Crippen molar-refractivity contribution in [1.29, 1.82) is 0 Å². The number of benzene rings is 1. The zero-order chi connectivity index (χ0) is 18.7. The summed E-state index contributed by atoms with van der Waals surface area (Å²) in [6, 6.07) is 14.1. The van der Waals surface area contributed by atoms with Gasteiger partial charge in [0, 0.05) is 30.5 Å². The van der Waals surface area contributed by atoms with E-state index in [4.69, 9.17) is 4.52 Å². The second-order valence-corrected chi connectivity index (χ2v) is 6.54. The van der Waals surface area contributed by atoms with Gasteiger partial charge in [0.15, 0.2) is 5.82 Å². The zero-order valence-electron chi connectivity index (χ0n) is 15.8. The smallest absolute Gasteiger partial charge is 0.255 e. The molecule has 1 amide bonds. The van der Waals surface area contributed by atoms with Crippen LogP contribution >= 0.6 is 0 Å². The summed E-state index contributed by atoms with van der Waals surface area (Å²) in [5, 5.41) is 4.08. The van der Waals surface area contributed by atoms with Gasteiger partial charge in [0.1, 0.15) is 5.76 Å². The minimum absolute atomic E-state index is 0.0583. The van der Waals surface area contributed by atoms with Crippen LogP contribution in [-0.4, -0.2) is 33.6 Å². The molecular formula is C21H25N3O2. The van der Waals surface area contributed by atoms with E-state index < -0.39 is 0 Å². The first-order valence-electron chi connectivity index (χ1n) is 8.97. The van der Waals surface area contributed by atoms with E-state index in [1.807, 2.05) is 67.5 Å². The van der Waals surface area contributed by atoms with E-state index >= 15 is 0 Å². The number of likely N-dealkylation sites (N-methyl/N-ethyl adjacent to an activating group) is 1. The third kappa shape index (κ3) is 3.57. The van der Waals surface area contributed by atoms with E-state index in [2.05, 4.69) is 17.3 Å². The van der Waals surface area contributed by atoms with Crippen LogP contribution < -0.4 is 0 Å². The average molecular weight is 351 g/mol. The molecule has 3 aromatic rings. The Hall–Kier alpha value is -2.82. The fourth-order valence-corrected chi connectivity index (χ4v) is 3.27. The molecule has 0 saturated carbocycles. The van der Waals surface area contributed by atoms with Crippen LogP contribution in [0.1, 0.15) is 40.0 Å². The van der Waals surface area contributed by atoms with E-state index in [0.717, 1.165) is 29.1 Å². The summed E-state index contributed by atoms with van der Waals surface area (Å²) >= 11 is 0. The van der Waals surface area contributed by atoms with Crippen molar-refractivity contribution >= 4 is 5.91 Å². The average Bonchev–Trinajstić information content (AvgIpc) is 3.18. The van der Waals surface area contributed by atoms with Crippen LogP contribution in [0, 0.1) is 20.8 Å². The zero-order valence-corrected chi connectivity index (χ0v) is 15.8. The largest absolute Gasteiger partial charge is 0.360 e. The summed E-state index contributed by atoms with van der Waals surface area (Å²) in [4.78, 5) is 15.0. The van der Waals surface area contributed by atoms with Gasteiger partial charge in [-0.1, -0.05) is 35.5 Å². The maximum Gasteiger partial charge on any atom is 0.255 e. The van der Waals surface area contributed by atoms with Crippen LogP contribution in [0.15, 0.2) is 47.0 Å². The van der Waals surface area contributed by atoms with E-state index in [-0.39, 0.29) is 5.91 Å². The van der Waals surface area contributed by atoms with E-state index in [1.165, 1.54) is 5.56 Å². The van der Waals surface area contributed by atoms with Crippen LogP contribution in [0.3, 0.4) is 0 Å². The van der Waals surface area contributed by atoms with E-state index in [1.54, 1.807) is 0 Å². The van der Waals surface area contributed by atoms with E-state index in [0.29, 0.717) is 18.9 Å². The molecule has 0 aliphatic rings. The number of nitrogens with zero attached hydrogens (tertiary/aromatic N) is 3. The van der Waals surface area contributed by atoms with Crippen molar-refractivity contribution in [1.82, 2.24) is 14.6 Å². The summed E-state index contributed by atoms with van der Waals surface area (Å²) in [5.74, 6) is 1.52. The molecule has 0 aliphatic carbocycles. The molecule has 5 heteroatoms. The SMILES string of the molecule is CCN(CCc1ccccc1)C(=O)c1cc(C)n(-c2cc(C)on2)c1C. The summed E-state index contributed by atoms with van der Waals surface area (Å²) in [7, 11) is 0. The van der Waals surface area contributed by atoms with Gasteiger partial charge in [-0.15, -0.1) is 0 Å². The predicted octanol–water partition coefficient (Wildman–Crippen LogP) is 4.10. The van der Waals surface area contributed by atoms with Gasteiger partial charge >= 0.3 is 0 Å². The van der Waals surface area contributed by atoms with Gasteiger partial charge in [0.05, 0.1) is 5.56 Å². The number of aromatic nitrogens is 2. The quantitative estimate of drug-likeness (QED) is 0.672. The van der Waals surface area contributed by atoms with Gasteiger partial charge < -0.3 is 9.42 Å². The molecule has 1 aromatic carbocycles. The molecule has 0 saturated heterocycles. The lowest BCUT2D eigenvalue weighted by Crippen LogP contribution is -2.33. The van der Waals surface area contributed by atoms with Crippen LogP contribution in [-0.2, 0) is 6.42 Å². The molecule has 5 nitrogen and oxygen atoms in total. The Morgan fingerprint density at radius 3 is 2.50 bits per heavy atom. The molecular weight excluding hydrogens is 326 g/mol. The number of amides is 1. The number of aryl methyl sites for hydroxylation is 2. The molecule has 0 unspecified atom stereocenters. The van der Waals surface area contributed by atoms with Crippen molar-refractivity contribution in [3.05, 3.63) is 70.7 Å². The fourth-order valence-electron chi connectivity index (χ4n) is 3.27. The van der Waals surface area contributed by atoms with Crippen molar-refractivity contribution in [2.45, 2.75) is 34.1 Å². The lowest BCUT2D eigenvalue weighted by atomic mass is 10.1. The van der Waals surface area contributed by atoms with Crippen LogP contribution in [0.5, 0.6) is 0 Å². The molecule has 0 atom stereocenters. The maximum atomic E-state index is 13.1. The highest BCUT2D eigenvalue weighted by molar-refractivity contribution is 5.96. The summed E-state index contributed by atoms with van der Waals surface area (Å²) in [6.07, 6.45) is 0.849. The molecule has 0 bridgehead atoms. The topological polar surface area (TPSA) is 51.3 Å². The molecule has 2 aromatic heterocycles. The lowest BCUT2D eigenvalue weighted by Gasteiger charge is -2.21. The molecule has 26 heavy (non-hydrogen) atoms. The molecule has 136 valence electrons. The van der Waals surface area contributed by atoms with Gasteiger partial charge in [-0.25, -0.2) is 0 Å². The van der Waals surface area contributed by atoms with Gasteiger partial charge in [-0.3, -0.25) is 9.36 Å². The molecule has 2 heterocycles. The standard InChI is InChI=1S/C21H25N3O2/c1-5-23(12-11-18-9-7-6-8-10-18)21(25)19-13-15(2)24(17(19)4)20-14-16(3)26-22-20/h6-10,13-14H,5,11-12H2,1-4H3. The first kappa shape index (κ1) is 18.0.